The summed E-state index contributed by atoms with van der Waals surface area (Å²) in [4.78, 5) is 0. The number of aliphatic hydroxyl groups excluding tert-OH is 1. The van der Waals surface area contributed by atoms with E-state index in [0.29, 0.717) is 0 Å². The van der Waals surface area contributed by atoms with Crippen LogP contribution in [0.2, 0.25) is 5.02 Å². The van der Waals surface area contributed by atoms with Crippen molar-refractivity contribution < 1.29 is 18.3 Å². The average molecular weight is 225 g/mol. The maximum Gasteiger partial charge on any atom is 0.278 e. The number of aliphatic hydroxyl groups is 1. The van der Waals surface area contributed by atoms with Crippen LogP contribution < -0.4 is 0 Å². The van der Waals surface area contributed by atoms with Crippen LogP contribution in [0.3, 0.4) is 0 Å². The molecule has 0 aromatic heterocycles. The monoisotopic (exact) mass is 224 g/mol. The highest BCUT2D eigenvalue weighted by molar-refractivity contribution is 6.30. The molecular weight excluding hydrogens is 217 g/mol. The fourth-order valence-corrected chi connectivity index (χ4v) is 1.22. The molecule has 1 aromatic rings. The second-order valence-electron chi connectivity index (χ2n) is 2.80. The van der Waals surface area contributed by atoms with Crippen LogP contribution in [0.1, 0.15) is 12.0 Å². The number of halogens is 4. The molecule has 0 amide bonds. The number of hydrogen-bond acceptors (Lipinski definition) is 1. The van der Waals surface area contributed by atoms with Gasteiger partial charge in [-0.2, -0.15) is 0 Å². The van der Waals surface area contributed by atoms with E-state index in [-0.39, 0.29) is 5.02 Å². The van der Waals surface area contributed by atoms with Gasteiger partial charge in [-0.25, -0.2) is 13.2 Å². The quantitative estimate of drug-likeness (QED) is 0.837. The molecule has 0 saturated carbocycles. The van der Waals surface area contributed by atoms with E-state index < -0.39 is 30.3 Å². The molecule has 1 rings (SSSR count). The Morgan fingerprint density at radius 1 is 1.36 bits per heavy atom. The molecule has 0 saturated heterocycles. The molecule has 5 heteroatoms. The van der Waals surface area contributed by atoms with Crippen LogP contribution in [-0.4, -0.2) is 11.7 Å². The molecule has 0 fully saturated rings. The Bertz CT molecular complexity index is 328. The molecule has 14 heavy (non-hydrogen) atoms. The third kappa shape index (κ3) is 2.39. The number of rotatable bonds is 3. The normalized spacial score (nSPS) is 11.8. The van der Waals surface area contributed by atoms with Crippen molar-refractivity contribution in [3.63, 3.8) is 0 Å². The van der Waals surface area contributed by atoms with E-state index in [4.69, 9.17) is 16.7 Å². The zero-order chi connectivity index (χ0) is 10.8. The van der Waals surface area contributed by atoms with E-state index in [2.05, 4.69) is 0 Å². The third-order valence-electron chi connectivity index (χ3n) is 1.75. The maximum absolute atomic E-state index is 13.1. The summed E-state index contributed by atoms with van der Waals surface area (Å²) in [6, 6.07) is 2.94. The molecule has 78 valence electrons. The Morgan fingerprint density at radius 2 is 2.00 bits per heavy atom. The van der Waals surface area contributed by atoms with Crippen LogP contribution in [0, 0.1) is 5.82 Å². The summed E-state index contributed by atoms with van der Waals surface area (Å²) in [6.45, 7) is -0.709. The van der Waals surface area contributed by atoms with Gasteiger partial charge in [0.1, 0.15) is 5.82 Å². The highest BCUT2D eigenvalue weighted by Gasteiger charge is 2.33. The first-order valence-corrected chi connectivity index (χ1v) is 4.29. The molecule has 1 nitrogen and oxygen atoms in total. The Kier molecular flexibility index (Phi) is 3.39. The van der Waals surface area contributed by atoms with Crippen molar-refractivity contribution in [2.24, 2.45) is 0 Å². The Balaban J connectivity index is 3.10. The summed E-state index contributed by atoms with van der Waals surface area (Å²) in [5.74, 6) is -4.41. The van der Waals surface area contributed by atoms with E-state index in [1.807, 2.05) is 0 Å². The van der Waals surface area contributed by atoms with Gasteiger partial charge in [-0.1, -0.05) is 11.6 Å². The fraction of sp³-hybridized carbons (Fsp3) is 0.333. The molecule has 0 aliphatic rings. The minimum Gasteiger partial charge on any atom is -0.396 e. The van der Waals surface area contributed by atoms with Gasteiger partial charge in [0, 0.05) is 18.1 Å². The smallest absolute Gasteiger partial charge is 0.278 e. The second kappa shape index (κ2) is 4.19. The minimum absolute atomic E-state index is 0.0408. The number of benzene rings is 1. The molecule has 0 atom stereocenters. The first-order valence-electron chi connectivity index (χ1n) is 3.91. The van der Waals surface area contributed by atoms with Crippen molar-refractivity contribution in [1.82, 2.24) is 0 Å². The minimum atomic E-state index is -3.39. The van der Waals surface area contributed by atoms with Gasteiger partial charge >= 0.3 is 0 Å². The third-order valence-corrected chi connectivity index (χ3v) is 1.98. The molecule has 0 bridgehead atoms. The zero-order valence-corrected chi connectivity index (χ0v) is 7.86. The Hall–Kier alpha value is -0.740. The van der Waals surface area contributed by atoms with E-state index >= 15 is 0 Å². The van der Waals surface area contributed by atoms with Gasteiger partial charge in [0.15, 0.2) is 0 Å². The van der Waals surface area contributed by atoms with Crippen LogP contribution in [-0.2, 0) is 5.92 Å². The molecule has 1 N–H and O–H groups in total. The van der Waals surface area contributed by atoms with Crippen molar-refractivity contribution in [2.45, 2.75) is 12.3 Å². The predicted octanol–water partition coefficient (Wildman–Crippen LogP) is 2.95. The van der Waals surface area contributed by atoms with Gasteiger partial charge in [-0.05, 0) is 18.2 Å². The summed E-state index contributed by atoms with van der Waals surface area (Å²) in [7, 11) is 0. The topological polar surface area (TPSA) is 20.2 Å². The van der Waals surface area contributed by atoms with Gasteiger partial charge in [-0.15, -0.1) is 0 Å². The molecule has 0 unspecified atom stereocenters. The lowest BCUT2D eigenvalue weighted by Crippen LogP contribution is -2.17. The van der Waals surface area contributed by atoms with Gasteiger partial charge in [0.25, 0.3) is 5.92 Å². The Morgan fingerprint density at radius 3 is 2.57 bits per heavy atom. The standard InChI is InChI=1S/C9H8ClF3O/c10-6-1-2-8(11)7(5-6)9(12,13)3-4-14/h1-2,5,14H,3-4H2. The predicted molar refractivity (Wildman–Crippen MR) is 47.0 cm³/mol. The molecule has 0 aliphatic heterocycles. The molecule has 0 spiro atoms. The van der Waals surface area contributed by atoms with Gasteiger partial charge in [0.05, 0.1) is 5.56 Å². The van der Waals surface area contributed by atoms with Crippen LogP contribution in [0.15, 0.2) is 18.2 Å². The summed E-state index contributed by atoms with van der Waals surface area (Å²) >= 11 is 5.46. The van der Waals surface area contributed by atoms with Crippen molar-refractivity contribution in [1.29, 1.82) is 0 Å². The van der Waals surface area contributed by atoms with Crippen molar-refractivity contribution in [3.8, 4) is 0 Å². The summed E-state index contributed by atoms with van der Waals surface area (Å²) in [5.41, 5.74) is -0.779. The van der Waals surface area contributed by atoms with Crippen molar-refractivity contribution >= 4 is 11.6 Å². The van der Waals surface area contributed by atoms with E-state index in [9.17, 15) is 13.2 Å². The highest BCUT2D eigenvalue weighted by atomic mass is 35.5. The Labute approximate surface area is 84.1 Å². The van der Waals surface area contributed by atoms with Crippen molar-refractivity contribution in [2.75, 3.05) is 6.61 Å². The zero-order valence-electron chi connectivity index (χ0n) is 7.11. The molecule has 0 aliphatic carbocycles. The van der Waals surface area contributed by atoms with Gasteiger partial charge in [-0.3, -0.25) is 0 Å². The summed E-state index contributed by atoms with van der Waals surface area (Å²) in [6.07, 6.45) is -0.815. The molecule has 0 radical (unpaired) electrons. The first kappa shape index (κ1) is 11.3. The van der Waals surface area contributed by atoms with Crippen LogP contribution in [0.4, 0.5) is 13.2 Å². The van der Waals surface area contributed by atoms with Gasteiger partial charge in [0.2, 0.25) is 0 Å². The van der Waals surface area contributed by atoms with Crippen LogP contribution >= 0.6 is 11.6 Å². The van der Waals surface area contributed by atoms with E-state index in [1.165, 1.54) is 6.07 Å². The highest BCUT2D eigenvalue weighted by Crippen LogP contribution is 2.34. The molecule has 0 heterocycles. The average Bonchev–Trinajstić information content (AvgIpc) is 2.09. The maximum atomic E-state index is 13.1. The number of hydrogen-bond donors (Lipinski definition) is 1. The summed E-state index contributed by atoms with van der Waals surface area (Å²) in [5, 5.41) is 8.43. The second-order valence-corrected chi connectivity index (χ2v) is 3.24. The van der Waals surface area contributed by atoms with E-state index in [0.717, 1.165) is 12.1 Å². The number of alkyl halides is 2. The largest absolute Gasteiger partial charge is 0.396 e. The lowest BCUT2D eigenvalue weighted by molar-refractivity contribution is -0.0299. The lowest BCUT2D eigenvalue weighted by atomic mass is 10.1. The van der Waals surface area contributed by atoms with Crippen LogP contribution in [0.5, 0.6) is 0 Å². The van der Waals surface area contributed by atoms with E-state index in [1.54, 1.807) is 0 Å². The first-order chi connectivity index (χ1) is 6.47. The summed E-state index contributed by atoms with van der Waals surface area (Å²) < 4.78 is 39.2. The SMILES string of the molecule is OCCC(F)(F)c1cc(Cl)ccc1F. The van der Waals surface area contributed by atoms with Gasteiger partial charge < -0.3 is 5.11 Å². The molecule has 1 aromatic carbocycles. The lowest BCUT2D eigenvalue weighted by Gasteiger charge is -2.16. The van der Waals surface area contributed by atoms with Crippen molar-refractivity contribution in [3.05, 3.63) is 34.6 Å². The molecular formula is C9H8ClF3O. The fourth-order valence-electron chi connectivity index (χ4n) is 1.05. The van der Waals surface area contributed by atoms with Crippen LogP contribution in [0.25, 0.3) is 0 Å².